The number of nitrogens with one attached hydrogen (secondary N) is 2. The van der Waals surface area contributed by atoms with Gasteiger partial charge in [0, 0.05) is 30.7 Å². The number of carbonyl (C=O) groups excluding carboxylic acids is 4. The van der Waals surface area contributed by atoms with Crippen molar-refractivity contribution in [3.05, 3.63) is 80.9 Å². The Balaban J connectivity index is 0.00000533. The Morgan fingerprint density at radius 3 is 1.77 bits per heavy atom. The number of methoxy groups -OCH3 is 2. The Hall–Kier alpha value is -3.74. The third-order valence-electron chi connectivity index (χ3n) is 6.52. The van der Waals surface area contributed by atoms with E-state index in [1.54, 1.807) is 13.8 Å². The van der Waals surface area contributed by atoms with Gasteiger partial charge in [-0.05, 0) is 54.5 Å². The minimum Gasteiger partial charge on any atom is -0.543 e. The summed E-state index contributed by atoms with van der Waals surface area (Å²) in [7, 11) is 2.59. The van der Waals surface area contributed by atoms with Gasteiger partial charge in [-0.25, -0.2) is 4.79 Å². The van der Waals surface area contributed by atoms with Crippen molar-refractivity contribution >= 4 is 23.9 Å². The predicted octanol–water partition coefficient (Wildman–Crippen LogP) is -0.514. The fourth-order valence-corrected chi connectivity index (χ4v) is 4.41. The normalized spacial score (nSPS) is 10.5. The van der Waals surface area contributed by atoms with E-state index in [0.717, 1.165) is 11.1 Å². The number of aromatic amines is 2. The number of benzene rings is 1. The number of H-pyrrole nitrogens is 2. The predicted molar refractivity (Wildman–Crippen MR) is 134 cm³/mol. The SMILES string of the molecule is COC(=O)CCc1c(Cc2[nH]c(C(=O)OCc3ccccc3)c(C)c2CCC(=O)OC)[nH]c(C(=O)[O-])c1C.[Li+]. The molecule has 1 aromatic carbocycles. The van der Waals surface area contributed by atoms with Crippen LogP contribution >= 0.6 is 0 Å². The molecular formula is C28H31LiN2O8. The van der Waals surface area contributed by atoms with Gasteiger partial charge in [0.1, 0.15) is 12.3 Å². The summed E-state index contributed by atoms with van der Waals surface area (Å²) in [6.07, 6.45) is 0.879. The van der Waals surface area contributed by atoms with Gasteiger partial charge in [-0.2, -0.15) is 0 Å². The molecule has 0 bridgehead atoms. The van der Waals surface area contributed by atoms with Gasteiger partial charge in [-0.1, -0.05) is 30.3 Å². The van der Waals surface area contributed by atoms with E-state index in [1.807, 2.05) is 30.3 Å². The van der Waals surface area contributed by atoms with Gasteiger partial charge in [0.15, 0.2) is 0 Å². The number of carboxylic acids is 1. The molecule has 0 aliphatic rings. The Morgan fingerprint density at radius 1 is 0.795 bits per heavy atom. The smallest absolute Gasteiger partial charge is 0.543 e. The minimum atomic E-state index is -1.37. The van der Waals surface area contributed by atoms with Gasteiger partial charge in [0.2, 0.25) is 0 Å². The fourth-order valence-electron chi connectivity index (χ4n) is 4.41. The summed E-state index contributed by atoms with van der Waals surface area (Å²) in [5.41, 5.74) is 4.63. The van der Waals surface area contributed by atoms with E-state index in [2.05, 4.69) is 9.97 Å². The third kappa shape index (κ3) is 7.88. The van der Waals surface area contributed by atoms with Gasteiger partial charge in [-0.15, -0.1) is 0 Å². The largest absolute Gasteiger partial charge is 1.00 e. The maximum atomic E-state index is 13.0. The molecule has 3 rings (SSSR count). The molecular weight excluding hydrogens is 499 g/mol. The molecule has 2 heterocycles. The van der Waals surface area contributed by atoms with E-state index in [1.165, 1.54) is 14.2 Å². The molecule has 0 aliphatic heterocycles. The van der Waals surface area contributed by atoms with Crippen molar-refractivity contribution < 1.29 is 57.4 Å². The Labute approximate surface area is 238 Å². The van der Waals surface area contributed by atoms with E-state index >= 15 is 0 Å². The summed E-state index contributed by atoms with van der Waals surface area (Å²) >= 11 is 0. The van der Waals surface area contributed by atoms with Crippen LogP contribution in [0.5, 0.6) is 0 Å². The van der Waals surface area contributed by atoms with Gasteiger partial charge < -0.3 is 34.1 Å². The first kappa shape index (κ1) is 31.5. The summed E-state index contributed by atoms with van der Waals surface area (Å²) in [6.45, 7) is 3.49. The minimum absolute atomic E-state index is 0. The van der Waals surface area contributed by atoms with Crippen molar-refractivity contribution in [2.75, 3.05) is 14.2 Å². The molecule has 3 aromatic rings. The molecule has 0 amide bonds. The number of hydrogen-bond donors (Lipinski definition) is 2. The average Bonchev–Trinajstić information content (AvgIpc) is 3.40. The average molecular weight is 531 g/mol. The second-order valence-corrected chi connectivity index (χ2v) is 8.84. The quantitative estimate of drug-likeness (QED) is 0.181. The monoisotopic (exact) mass is 530 g/mol. The standard InChI is InChI=1S/C28H32N2O8.Li/c1-16-19(10-12-23(31)36-3)21(29-25(16)27(33)34)14-22-20(11-13-24(32)37-4)17(2)26(30-22)28(35)38-15-18-8-6-5-7-9-18;/h5-9,29-30H,10-15H2,1-4H3,(H,33,34);/q;+1/p-1. The Kier molecular flexibility index (Phi) is 11.6. The van der Waals surface area contributed by atoms with Crippen LogP contribution in [0.2, 0.25) is 0 Å². The molecule has 0 aliphatic carbocycles. The fraction of sp³-hybridized carbons (Fsp3) is 0.357. The molecule has 0 saturated carbocycles. The molecule has 0 fully saturated rings. The van der Waals surface area contributed by atoms with Crippen LogP contribution < -0.4 is 24.0 Å². The maximum Gasteiger partial charge on any atom is 1.00 e. The molecule has 202 valence electrons. The summed E-state index contributed by atoms with van der Waals surface area (Å²) in [5, 5.41) is 11.7. The van der Waals surface area contributed by atoms with Crippen molar-refractivity contribution in [1.29, 1.82) is 0 Å². The van der Waals surface area contributed by atoms with Crippen LogP contribution in [0.25, 0.3) is 0 Å². The number of esters is 3. The number of rotatable bonds is 12. The molecule has 2 aromatic heterocycles. The van der Waals surface area contributed by atoms with Crippen molar-refractivity contribution in [3.63, 3.8) is 0 Å². The summed E-state index contributed by atoms with van der Waals surface area (Å²) in [4.78, 5) is 54.4. The van der Waals surface area contributed by atoms with Crippen LogP contribution in [0.3, 0.4) is 0 Å². The van der Waals surface area contributed by atoms with Crippen molar-refractivity contribution in [2.45, 2.75) is 52.6 Å². The second kappa shape index (κ2) is 14.4. The number of carbonyl (C=O) groups is 4. The van der Waals surface area contributed by atoms with E-state index in [-0.39, 0.29) is 62.5 Å². The van der Waals surface area contributed by atoms with Gasteiger partial charge in [-0.3, -0.25) is 9.59 Å². The van der Waals surface area contributed by atoms with E-state index in [9.17, 15) is 24.3 Å². The van der Waals surface area contributed by atoms with Gasteiger partial charge in [0.05, 0.1) is 25.9 Å². The molecule has 0 atom stereocenters. The summed E-state index contributed by atoms with van der Waals surface area (Å²) in [6, 6.07) is 9.26. The molecule has 0 radical (unpaired) electrons. The number of aromatic nitrogens is 2. The summed E-state index contributed by atoms with van der Waals surface area (Å²) in [5.74, 6) is -2.75. The topological polar surface area (TPSA) is 151 Å². The molecule has 0 spiro atoms. The molecule has 2 N–H and O–H groups in total. The first-order valence-electron chi connectivity index (χ1n) is 12.1. The van der Waals surface area contributed by atoms with Gasteiger partial charge in [0.25, 0.3) is 0 Å². The van der Waals surface area contributed by atoms with Crippen molar-refractivity contribution in [1.82, 2.24) is 9.97 Å². The number of hydrogen-bond acceptors (Lipinski definition) is 8. The Morgan fingerprint density at radius 2 is 1.28 bits per heavy atom. The molecule has 0 saturated heterocycles. The first-order chi connectivity index (χ1) is 18.2. The van der Waals surface area contributed by atoms with E-state index in [0.29, 0.717) is 34.5 Å². The van der Waals surface area contributed by atoms with Crippen LogP contribution in [0.4, 0.5) is 0 Å². The number of aromatic carboxylic acids is 1. The second-order valence-electron chi connectivity index (χ2n) is 8.84. The zero-order valence-corrected chi connectivity index (χ0v) is 22.9. The summed E-state index contributed by atoms with van der Waals surface area (Å²) < 4.78 is 15.0. The van der Waals surface area contributed by atoms with Crippen molar-refractivity contribution in [2.24, 2.45) is 0 Å². The zero-order valence-electron chi connectivity index (χ0n) is 22.9. The van der Waals surface area contributed by atoms with Crippen LogP contribution in [0, 0.1) is 13.8 Å². The number of ether oxygens (including phenoxy) is 3. The molecule has 39 heavy (non-hydrogen) atoms. The zero-order chi connectivity index (χ0) is 27.8. The Bertz CT molecular complexity index is 1330. The first-order valence-corrected chi connectivity index (χ1v) is 12.1. The third-order valence-corrected chi connectivity index (χ3v) is 6.52. The maximum absolute atomic E-state index is 13.0. The van der Waals surface area contributed by atoms with Crippen LogP contribution in [-0.2, 0) is 49.7 Å². The van der Waals surface area contributed by atoms with Gasteiger partial charge >= 0.3 is 36.8 Å². The van der Waals surface area contributed by atoms with Crippen molar-refractivity contribution in [3.8, 4) is 0 Å². The molecule has 10 nitrogen and oxygen atoms in total. The van der Waals surface area contributed by atoms with E-state index < -0.39 is 23.9 Å². The van der Waals surface area contributed by atoms with E-state index in [4.69, 9.17) is 14.2 Å². The molecule has 11 heteroatoms. The van der Waals surface area contributed by atoms with Crippen LogP contribution in [-0.4, -0.2) is 48.1 Å². The molecule has 0 unspecified atom stereocenters. The van der Waals surface area contributed by atoms with Crippen LogP contribution in [0.1, 0.15) is 73.0 Å². The number of carboxylic acid groups (broad SMARTS) is 1. The van der Waals surface area contributed by atoms with Crippen LogP contribution in [0.15, 0.2) is 30.3 Å².